The Morgan fingerprint density at radius 3 is 2.81 bits per heavy atom. The van der Waals surface area contributed by atoms with Crippen LogP contribution in [0.1, 0.15) is 6.42 Å². The first-order valence-electron chi connectivity index (χ1n) is 4.97. The highest BCUT2D eigenvalue weighted by molar-refractivity contribution is 7.89. The number of carbonyl (C=O) groups is 1. The summed E-state index contributed by atoms with van der Waals surface area (Å²) in [7, 11) is -3.50. The second kappa shape index (κ2) is 5.58. The number of hydrogen-bond acceptors (Lipinski definition) is 5. The largest absolute Gasteiger partial charge is 0.481 e. The average molecular weight is 252 g/mol. The predicted octanol–water partition coefficient (Wildman–Crippen LogP) is -1.55. The standard InChI is InChI=1S/C8H16N2O5S/c9-5-7-6-10(2-3-15-7)16(13,14)4-1-8(11)12/h7H,1-6,9H2,(H,11,12). The Morgan fingerprint density at radius 2 is 2.25 bits per heavy atom. The van der Waals surface area contributed by atoms with Gasteiger partial charge < -0.3 is 15.6 Å². The Bertz CT molecular complexity index is 342. The van der Waals surface area contributed by atoms with Crippen LogP contribution in [0.5, 0.6) is 0 Å². The summed E-state index contributed by atoms with van der Waals surface area (Å²) in [5.74, 6) is -1.49. The number of nitrogens with zero attached hydrogens (tertiary/aromatic N) is 1. The number of aliphatic carboxylic acids is 1. The van der Waals surface area contributed by atoms with E-state index in [4.69, 9.17) is 15.6 Å². The van der Waals surface area contributed by atoms with Gasteiger partial charge in [-0.15, -0.1) is 0 Å². The summed E-state index contributed by atoms with van der Waals surface area (Å²) in [5, 5.41) is 8.45. The van der Waals surface area contributed by atoms with Crippen molar-refractivity contribution in [2.45, 2.75) is 12.5 Å². The summed E-state index contributed by atoms with van der Waals surface area (Å²) < 4.78 is 29.9. The maximum atomic E-state index is 11.7. The van der Waals surface area contributed by atoms with Gasteiger partial charge in [0.25, 0.3) is 0 Å². The van der Waals surface area contributed by atoms with Gasteiger partial charge in [0.05, 0.1) is 24.9 Å². The van der Waals surface area contributed by atoms with Crippen LogP contribution in [-0.2, 0) is 19.6 Å². The zero-order valence-corrected chi connectivity index (χ0v) is 9.65. The number of sulfonamides is 1. The van der Waals surface area contributed by atoms with Crippen molar-refractivity contribution in [2.24, 2.45) is 5.73 Å². The normalized spacial score (nSPS) is 23.2. The molecule has 94 valence electrons. The molecule has 1 rings (SSSR count). The molecule has 8 heteroatoms. The third kappa shape index (κ3) is 3.71. The Kier molecular flexibility index (Phi) is 4.66. The van der Waals surface area contributed by atoms with Crippen molar-refractivity contribution in [3.05, 3.63) is 0 Å². The second-order valence-corrected chi connectivity index (χ2v) is 5.63. The zero-order chi connectivity index (χ0) is 12.2. The molecule has 1 fully saturated rings. The van der Waals surface area contributed by atoms with Gasteiger partial charge in [0.2, 0.25) is 10.0 Å². The topological polar surface area (TPSA) is 110 Å². The van der Waals surface area contributed by atoms with Gasteiger partial charge in [0, 0.05) is 19.6 Å². The lowest BCUT2D eigenvalue weighted by Gasteiger charge is -2.31. The predicted molar refractivity (Wildman–Crippen MR) is 56.4 cm³/mol. The van der Waals surface area contributed by atoms with Gasteiger partial charge in [0.1, 0.15) is 0 Å². The highest BCUT2D eigenvalue weighted by atomic mass is 32.2. The molecule has 0 bridgehead atoms. The maximum absolute atomic E-state index is 11.7. The Morgan fingerprint density at radius 1 is 1.56 bits per heavy atom. The van der Waals surface area contributed by atoms with Gasteiger partial charge in [-0.25, -0.2) is 8.42 Å². The number of morpholine rings is 1. The van der Waals surface area contributed by atoms with Gasteiger partial charge in [0.15, 0.2) is 0 Å². The van der Waals surface area contributed by atoms with Crippen molar-refractivity contribution in [3.63, 3.8) is 0 Å². The minimum absolute atomic E-state index is 0.207. The van der Waals surface area contributed by atoms with Gasteiger partial charge in [-0.3, -0.25) is 4.79 Å². The molecule has 1 atom stereocenters. The minimum atomic E-state index is -3.50. The van der Waals surface area contributed by atoms with Gasteiger partial charge in [-0.1, -0.05) is 0 Å². The van der Waals surface area contributed by atoms with Crippen molar-refractivity contribution in [1.82, 2.24) is 4.31 Å². The van der Waals surface area contributed by atoms with Crippen LogP contribution in [0.4, 0.5) is 0 Å². The fourth-order valence-electron chi connectivity index (χ4n) is 1.43. The number of rotatable bonds is 5. The molecule has 7 nitrogen and oxygen atoms in total. The van der Waals surface area contributed by atoms with Crippen molar-refractivity contribution in [1.29, 1.82) is 0 Å². The van der Waals surface area contributed by atoms with Crippen molar-refractivity contribution in [3.8, 4) is 0 Å². The van der Waals surface area contributed by atoms with E-state index in [1.54, 1.807) is 0 Å². The lowest BCUT2D eigenvalue weighted by atomic mass is 10.3. The van der Waals surface area contributed by atoms with E-state index < -0.39 is 16.0 Å². The smallest absolute Gasteiger partial charge is 0.304 e. The number of nitrogens with two attached hydrogens (primary N) is 1. The Balaban J connectivity index is 2.57. The number of carboxylic acid groups (broad SMARTS) is 1. The maximum Gasteiger partial charge on any atom is 0.304 e. The van der Waals surface area contributed by atoms with Crippen LogP contribution < -0.4 is 5.73 Å². The molecular formula is C8H16N2O5S. The van der Waals surface area contributed by atoms with E-state index in [0.717, 1.165) is 0 Å². The summed E-state index contributed by atoms with van der Waals surface area (Å²) in [6, 6.07) is 0. The second-order valence-electron chi connectivity index (χ2n) is 3.55. The molecule has 0 aliphatic carbocycles. The highest BCUT2D eigenvalue weighted by Gasteiger charge is 2.28. The van der Waals surface area contributed by atoms with E-state index in [0.29, 0.717) is 6.61 Å². The van der Waals surface area contributed by atoms with E-state index in [1.807, 2.05) is 0 Å². The SMILES string of the molecule is NCC1CN(S(=O)(=O)CCC(=O)O)CCO1. The molecule has 3 N–H and O–H groups in total. The van der Waals surface area contributed by atoms with E-state index in [-0.39, 0.29) is 37.9 Å². The molecule has 0 amide bonds. The molecule has 1 aliphatic heterocycles. The molecule has 1 aliphatic rings. The summed E-state index contributed by atoms with van der Waals surface area (Å²) >= 11 is 0. The molecule has 0 saturated carbocycles. The van der Waals surface area contributed by atoms with Crippen LogP contribution in [0.25, 0.3) is 0 Å². The van der Waals surface area contributed by atoms with Gasteiger partial charge in [-0.05, 0) is 0 Å². The highest BCUT2D eigenvalue weighted by Crippen LogP contribution is 2.10. The summed E-state index contributed by atoms with van der Waals surface area (Å²) in [6.45, 7) is 1.02. The first-order valence-corrected chi connectivity index (χ1v) is 6.58. The fraction of sp³-hybridized carbons (Fsp3) is 0.875. The van der Waals surface area contributed by atoms with Crippen LogP contribution in [-0.4, -0.2) is 61.9 Å². The number of hydrogen-bond donors (Lipinski definition) is 2. The first kappa shape index (κ1) is 13.4. The number of carboxylic acids is 1. The quantitative estimate of drug-likeness (QED) is 0.613. The van der Waals surface area contributed by atoms with Crippen LogP contribution >= 0.6 is 0 Å². The van der Waals surface area contributed by atoms with E-state index in [1.165, 1.54) is 4.31 Å². The monoisotopic (exact) mass is 252 g/mol. The van der Waals surface area contributed by atoms with E-state index >= 15 is 0 Å². The van der Waals surface area contributed by atoms with Crippen LogP contribution in [0.2, 0.25) is 0 Å². The molecule has 0 spiro atoms. The molecule has 0 aromatic carbocycles. The molecule has 0 aromatic rings. The Hall–Kier alpha value is -0.700. The fourth-order valence-corrected chi connectivity index (χ4v) is 2.87. The molecule has 0 radical (unpaired) electrons. The molecule has 1 saturated heterocycles. The summed E-state index contributed by atoms with van der Waals surface area (Å²) in [6.07, 6.45) is -0.680. The number of ether oxygens (including phenoxy) is 1. The zero-order valence-electron chi connectivity index (χ0n) is 8.83. The summed E-state index contributed by atoms with van der Waals surface area (Å²) in [4.78, 5) is 10.3. The van der Waals surface area contributed by atoms with Gasteiger partial charge >= 0.3 is 5.97 Å². The first-order chi connectivity index (χ1) is 7.45. The van der Waals surface area contributed by atoms with Gasteiger partial charge in [-0.2, -0.15) is 4.31 Å². The van der Waals surface area contributed by atoms with Crippen LogP contribution in [0.15, 0.2) is 0 Å². The van der Waals surface area contributed by atoms with E-state index in [9.17, 15) is 13.2 Å². The molecule has 16 heavy (non-hydrogen) atoms. The summed E-state index contributed by atoms with van der Waals surface area (Å²) in [5.41, 5.74) is 5.39. The van der Waals surface area contributed by atoms with Crippen molar-refractivity contribution >= 4 is 16.0 Å². The Labute approximate surface area is 94.2 Å². The van der Waals surface area contributed by atoms with Crippen LogP contribution in [0.3, 0.4) is 0 Å². The lowest BCUT2D eigenvalue weighted by Crippen LogP contribution is -2.48. The average Bonchev–Trinajstić information content (AvgIpc) is 2.27. The molecule has 1 unspecified atom stereocenters. The third-order valence-corrected chi connectivity index (χ3v) is 4.17. The van der Waals surface area contributed by atoms with Crippen molar-refractivity contribution in [2.75, 3.05) is 32.0 Å². The van der Waals surface area contributed by atoms with E-state index in [2.05, 4.69) is 0 Å². The molecule has 0 aromatic heterocycles. The van der Waals surface area contributed by atoms with Crippen LogP contribution in [0, 0.1) is 0 Å². The molecule has 1 heterocycles. The minimum Gasteiger partial charge on any atom is -0.481 e. The lowest BCUT2D eigenvalue weighted by molar-refractivity contribution is -0.136. The van der Waals surface area contributed by atoms with Crippen molar-refractivity contribution < 1.29 is 23.1 Å². The molecular weight excluding hydrogens is 236 g/mol. The third-order valence-electron chi connectivity index (χ3n) is 2.33.